The first kappa shape index (κ1) is 17.1. The van der Waals surface area contributed by atoms with Gasteiger partial charge in [0.2, 0.25) is 5.91 Å². The van der Waals surface area contributed by atoms with Crippen LogP contribution in [0.15, 0.2) is 41.0 Å². The van der Waals surface area contributed by atoms with Gasteiger partial charge in [0.25, 0.3) is 0 Å². The fraction of sp³-hybridized carbons (Fsp3) is 0.250. The van der Waals surface area contributed by atoms with E-state index >= 15 is 0 Å². The van der Waals surface area contributed by atoms with Gasteiger partial charge in [-0.05, 0) is 49.6 Å². The van der Waals surface area contributed by atoms with Crippen molar-refractivity contribution < 1.29 is 18.0 Å². The van der Waals surface area contributed by atoms with Crippen LogP contribution < -0.4 is 5.32 Å². The highest BCUT2D eigenvalue weighted by Crippen LogP contribution is 2.27. The molecule has 1 amide bonds. The minimum atomic E-state index is -0.926. The van der Waals surface area contributed by atoms with Gasteiger partial charge in [-0.3, -0.25) is 4.79 Å². The number of rotatable bonds is 4. The molecule has 0 bridgehead atoms. The second-order valence-corrected chi connectivity index (χ2v) is 6.28. The Kier molecular flexibility index (Phi) is 4.57. The summed E-state index contributed by atoms with van der Waals surface area (Å²) in [7, 11) is 0. The average Bonchev–Trinajstić information content (AvgIpc) is 2.96. The number of carbonyl (C=O) groups excluding carboxylic acids is 1. The van der Waals surface area contributed by atoms with Crippen molar-refractivity contribution in [2.24, 2.45) is 0 Å². The Balaban J connectivity index is 1.74. The number of benzene rings is 2. The number of aryl methyl sites for hydroxylation is 2. The SMILES string of the molecule is Cc1ccc2c(CC(=O)NC(C)c3ccc(F)c(F)c3)coc2c1C. The molecule has 3 rings (SSSR count). The van der Waals surface area contributed by atoms with Crippen LogP contribution in [0.25, 0.3) is 11.0 Å². The van der Waals surface area contributed by atoms with Crippen LogP contribution in [0.5, 0.6) is 0 Å². The third-order valence-electron chi connectivity index (χ3n) is 4.51. The Labute approximate surface area is 144 Å². The number of halogens is 2. The third-order valence-corrected chi connectivity index (χ3v) is 4.51. The molecule has 2 aromatic carbocycles. The summed E-state index contributed by atoms with van der Waals surface area (Å²) >= 11 is 0. The Morgan fingerprint density at radius 3 is 2.64 bits per heavy atom. The Hall–Kier alpha value is -2.69. The number of fused-ring (bicyclic) bond motifs is 1. The highest BCUT2D eigenvalue weighted by atomic mass is 19.2. The zero-order valence-electron chi connectivity index (χ0n) is 14.3. The molecule has 0 aliphatic carbocycles. The molecule has 0 aliphatic rings. The van der Waals surface area contributed by atoms with Crippen molar-refractivity contribution in [3.63, 3.8) is 0 Å². The van der Waals surface area contributed by atoms with Gasteiger partial charge in [-0.15, -0.1) is 0 Å². The lowest BCUT2D eigenvalue weighted by Crippen LogP contribution is -2.28. The monoisotopic (exact) mass is 343 g/mol. The molecule has 130 valence electrons. The van der Waals surface area contributed by atoms with Crippen LogP contribution in [0.1, 0.15) is 35.2 Å². The van der Waals surface area contributed by atoms with E-state index in [1.807, 2.05) is 26.0 Å². The standard InChI is InChI=1S/C20H19F2NO2/c1-11-4-6-16-15(10-25-20(16)12(11)2)9-19(24)23-13(3)14-5-7-17(21)18(22)8-14/h4-8,10,13H,9H2,1-3H3,(H,23,24). The predicted octanol–water partition coefficient (Wildman–Crippen LogP) is 4.75. The van der Waals surface area contributed by atoms with Crippen molar-refractivity contribution >= 4 is 16.9 Å². The molecule has 0 saturated carbocycles. The van der Waals surface area contributed by atoms with E-state index in [9.17, 15) is 13.6 Å². The highest BCUT2D eigenvalue weighted by Gasteiger charge is 2.16. The summed E-state index contributed by atoms with van der Waals surface area (Å²) in [5.41, 5.74) is 4.28. The summed E-state index contributed by atoms with van der Waals surface area (Å²) < 4.78 is 31.9. The maximum atomic E-state index is 13.3. The molecule has 3 nitrogen and oxygen atoms in total. The lowest BCUT2D eigenvalue weighted by Gasteiger charge is -2.14. The van der Waals surface area contributed by atoms with Crippen LogP contribution in [0, 0.1) is 25.5 Å². The molecule has 0 spiro atoms. The molecule has 0 radical (unpaired) electrons. The fourth-order valence-corrected chi connectivity index (χ4v) is 2.86. The van der Waals surface area contributed by atoms with Gasteiger partial charge < -0.3 is 9.73 Å². The molecule has 0 aliphatic heterocycles. The number of nitrogens with one attached hydrogen (secondary N) is 1. The molecular formula is C20H19F2NO2. The van der Waals surface area contributed by atoms with E-state index in [0.29, 0.717) is 5.56 Å². The summed E-state index contributed by atoms with van der Waals surface area (Å²) in [4.78, 5) is 12.3. The minimum Gasteiger partial charge on any atom is -0.464 e. The molecule has 1 atom stereocenters. The minimum absolute atomic E-state index is 0.156. The van der Waals surface area contributed by atoms with E-state index in [-0.39, 0.29) is 12.3 Å². The van der Waals surface area contributed by atoms with Gasteiger partial charge in [-0.2, -0.15) is 0 Å². The summed E-state index contributed by atoms with van der Waals surface area (Å²) in [6, 6.07) is 7.13. The molecule has 1 aromatic heterocycles. The number of hydrogen-bond donors (Lipinski definition) is 1. The molecular weight excluding hydrogens is 324 g/mol. The number of carbonyl (C=O) groups is 1. The van der Waals surface area contributed by atoms with Gasteiger partial charge in [0, 0.05) is 10.9 Å². The van der Waals surface area contributed by atoms with E-state index in [2.05, 4.69) is 5.32 Å². The molecule has 1 unspecified atom stereocenters. The van der Waals surface area contributed by atoms with Gasteiger partial charge in [0.15, 0.2) is 11.6 Å². The maximum absolute atomic E-state index is 13.3. The zero-order chi connectivity index (χ0) is 18.1. The molecule has 25 heavy (non-hydrogen) atoms. The fourth-order valence-electron chi connectivity index (χ4n) is 2.86. The molecule has 5 heteroatoms. The lowest BCUT2D eigenvalue weighted by atomic mass is 10.0. The van der Waals surface area contributed by atoms with Crippen LogP contribution in [-0.4, -0.2) is 5.91 Å². The summed E-state index contributed by atoms with van der Waals surface area (Å²) in [5, 5.41) is 3.72. The summed E-state index contributed by atoms with van der Waals surface area (Å²) in [6.07, 6.45) is 1.75. The van der Waals surface area contributed by atoms with Gasteiger partial charge in [-0.25, -0.2) is 8.78 Å². The Morgan fingerprint density at radius 2 is 1.92 bits per heavy atom. The van der Waals surface area contributed by atoms with Gasteiger partial charge in [-0.1, -0.05) is 18.2 Å². The summed E-state index contributed by atoms with van der Waals surface area (Å²) in [6.45, 7) is 5.72. The highest BCUT2D eigenvalue weighted by molar-refractivity contribution is 5.89. The topological polar surface area (TPSA) is 42.2 Å². The average molecular weight is 343 g/mol. The molecule has 1 heterocycles. The zero-order valence-corrected chi connectivity index (χ0v) is 14.3. The van der Waals surface area contributed by atoms with E-state index in [1.54, 1.807) is 13.2 Å². The second kappa shape index (κ2) is 6.67. The van der Waals surface area contributed by atoms with Crippen molar-refractivity contribution in [1.82, 2.24) is 5.32 Å². The predicted molar refractivity (Wildman–Crippen MR) is 92.3 cm³/mol. The van der Waals surface area contributed by atoms with Crippen molar-refractivity contribution in [1.29, 1.82) is 0 Å². The van der Waals surface area contributed by atoms with E-state index < -0.39 is 17.7 Å². The van der Waals surface area contributed by atoms with Crippen LogP contribution in [0.3, 0.4) is 0 Å². The number of hydrogen-bond acceptors (Lipinski definition) is 2. The molecule has 0 fully saturated rings. The van der Waals surface area contributed by atoms with E-state index in [1.165, 1.54) is 6.07 Å². The lowest BCUT2D eigenvalue weighted by molar-refractivity contribution is -0.121. The van der Waals surface area contributed by atoms with Crippen LogP contribution in [-0.2, 0) is 11.2 Å². The van der Waals surface area contributed by atoms with E-state index in [4.69, 9.17) is 4.42 Å². The van der Waals surface area contributed by atoms with Crippen LogP contribution >= 0.6 is 0 Å². The first-order valence-electron chi connectivity index (χ1n) is 8.07. The quantitative estimate of drug-likeness (QED) is 0.743. The number of amides is 1. The third kappa shape index (κ3) is 3.40. The first-order valence-corrected chi connectivity index (χ1v) is 8.07. The normalized spacial score (nSPS) is 12.4. The Morgan fingerprint density at radius 1 is 1.16 bits per heavy atom. The van der Waals surface area contributed by atoms with Crippen LogP contribution in [0.4, 0.5) is 8.78 Å². The van der Waals surface area contributed by atoms with Crippen molar-refractivity contribution in [2.75, 3.05) is 0 Å². The van der Waals surface area contributed by atoms with Gasteiger partial charge in [0.05, 0.1) is 18.7 Å². The van der Waals surface area contributed by atoms with Crippen molar-refractivity contribution in [3.05, 3.63) is 70.5 Å². The van der Waals surface area contributed by atoms with Gasteiger partial charge >= 0.3 is 0 Å². The summed E-state index contributed by atoms with van der Waals surface area (Å²) in [5.74, 6) is -2.04. The first-order chi connectivity index (χ1) is 11.9. The largest absolute Gasteiger partial charge is 0.464 e. The number of furan rings is 1. The van der Waals surface area contributed by atoms with Crippen molar-refractivity contribution in [2.45, 2.75) is 33.2 Å². The van der Waals surface area contributed by atoms with Crippen molar-refractivity contribution in [3.8, 4) is 0 Å². The van der Waals surface area contributed by atoms with E-state index in [0.717, 1.165) is 39.8 Å². The smallest absolute Gasteiger partial charge is 0.225 e. The Bertz CT molecular complexity index is 946. The molecule has 0 saturated heterocycles. The van der Waals surface area contributed by atoms with Gasteiger partial charge in [0.1, 0.15) is 5.58 Å². The maximum Gasteiger partial charge on any atom is 0.225 e. The second-order valence-electron chi connectivity index (χ2n) is 6.28. The molecule has 3 aromatic rings. The molecule has 1 N–H and O–H groups in total. The van der Waals surface area contributed by atoms with Crippen LogP contribution in [0.2, 0.25) is 0 Å².